The average Bonchev–Trinajstić information content (AvgIpc) is 3.44. The predicted molar refractivity (Wildman–Crippen MR) is 116 cm³/mol. The number of hydrogen-bond acceptors (Lipinski definition) is 5. The summed E-state index contributed by atoms with van der Waals surface area (Å²) < 4.78 is 16.8. The third-order valence-corrected chi connectivity index (χ3v) is 6.76. The van der Waals surface area contributed by atoms with Crippen molar-refractivity contribution in [1.29, 1.82) is 0 Å². The highest BCUT2D eigenvalue weighted by Crippen LogP contribution is 2.42. The van der Waals surface area contributed by atoms with E-state index >= 15 is 0 Å². The van der Waals surface area contributed by atoms with Gasteiger partial charge >= 0.3 is 0 Å². The highest BCUT2D eigenvalue weighted by Gasteiger charge is 2.32. The standard InChI is InChI=1S/C21H26N2O3S2/c1-24-17-11-14-7-8-23(21(27)22-13-15-5-3-9-26-15)20(19-6-4-10-28-19)16(14)12-18(17)25-2/h4,6,10-12,15,20H,3,5,7-9,13H2,1-2H3,(H,22,27)/t15-,20+/m0/s1. The van der Waals surface area contributed by atoms with Crippen molar-refractivity contribution in [2.24, 2.45) is 0 Å². The summed E-state index contributed by atoms with van der Waals surface area (Å²) in [5.74, 6) is 1.53. The zero-order chi connectivity index (χ0) is 19.5. The molecule has 4 rings (SSSR count). The monoisotopic (exact) mass is 418 g/mol. The summed E-state index contributed by atoms with van der Waals surface area (Å²) in [6, 6.07) is 8.56. The number of nitrogens with one attached hydrogen (secondary N) is 1. The molecule has 1 aromatic heterocycles. The van der Waals surface area contributed by atoms with Gasteiger partial charge in [-0.2, -0.15) is 0 Å². The van der Waals surface area contributed by atoms with Gasteiger partial charge in [-0.05, 0) is 66.2 Å². The van der Waals surface area contributed by atoms with E-state index in [0.717, 1.165) is 55.6 Å². The number of fused-ring (bicyclic) bond motifs is 1. The molecule has 0 saturated carbocycles. The maximum absolute atomic E-state index is 5.81. The molecule has 2 aromatic rings. The number of rotatable bonds is 5. The minimum Gasteiger partial charge on any atom is -0.493 e. The summed E-state index contributed by atoms with van der Waals surface area (Å²) in [6.07, 6.45) is 3.42. The first-order valence-corrected chi connectivity index (χ1v) is 10.9. The maximum atomic E-state index is 5.81. The molecule has 2 aliphatic rings. The van der Waals surface area contributed by atoms with Crippen molar-refractivity contribution in [3.63, 3.8) is 0 Å². The van der Waals surface area contributed by atoms with E-state index in [1.165, 1.54) is 16.0 Å². The molecule has 2 aliphatic heterocycles. The molecule has 0 spiro atoms. The first-order chi connectivity index (χ1) is 13.7. The number of methoxy groups -OCH3 is 2. The first kappa shape index (κ1) is 19.5. The molecular weight excluding hydrogens is 392 g/mol. The molecule has 0 unspecified atom stereocenters. The molecule has 0 radical (unpaired) electrons. The molecule has 0 aliphatic carbocycles. The van der Waals surface area contributed by atoms with Crippen LogP contribution in [0.4, 0.5) is 0 Å². The lowest BCUT2D eigenvalue weighted by atomic mass is 9.91. The Morgan fingerprint density at radius 3 is 2.82 bits per heavy atom. The van der Waals surface area contributed by atoms with Crippen molar-refractivity contribution >= 4 is 28.7 Å². The Hall–Kier alpha value is -1.83. The third-order valence-electron chi connectivity index (χ3n) is 5.45. The van der Waals surface area contributed by atoms with Gasteiger partial charge in [-0.15, -0.1) is 11.3 Å². The van der Waals surface area contributed by atoms with E-state index in [-0.39, 0.29) is 12.1 Å². The summed E-state index contributed by atoms with van der Waals surface area (Å²) in [5.41, 5.74) is 2.52. The summed E-state index contributed by atoms with van der Waals surface area (Å²) in [4.78, 5) is 3.57. The Kier molecular flexibility index (Phi) is 6.04. The van der Waals surface area contributed by atoms with Crippen LogP contribution in [-0.4, -0.2) is 50.0 Å². The van der Waals surface area contributed by atoms with Crippen molar-refractivity contribution < 1.29 is 14.2 Å². The molecule has 0 bridgehead atoms. The van der Waals surface area contributed by atoms with E-state index in [4.69, 9.17) is 26.4 Å². The zero-order valence-corrected chi connectivity index (χ0v) is 17.9. The molecule has 1 saturated heterocycles. The number of ether oxygens (including phenoxy) is 3. The molecule has 1 N–H and O–H groups in total. The van der Waals surface area contributed by atoms with Crippen molar-refractivity contribution in [2.45, 2.75) is 31.4 Å². The van der Waals surface area contributed by atoms with E-state index in [1.54, 1.807) is 25.6 Å². The lowest BCUT2D eigenvalue weighted by Crippen LogP contribution is -2.47. The van der Waals surface area contributed by atoms with E-state index in [1.807, 2.05) is 0 Å². The molecule has 2 atom stereocenters. The van der Waals surface area contributed by atoms with Gasteiger partial charge in [0.1, 0.15) is 0 Å². The quantitative estimate of drug-likeness (QED) is 0.746. The summed E-state index contributed by atoms with van der Waals surface area (Å²) >= 11 is 7.56. The normalized spacial score (nSPS) is 21.3. The van der Waals surface area contributed by atoms with Crippen LogP contribution in [0.3, 0.4) is 0 Å². The second kappa shape index (κ2) is 8.68. The predicted octanol–water partition coefficient (Wildman–Crippen LogP) is 3.77. The molecular formula is C21H26N2O3S2. The van der Waals surface area contributed by atoms with Gasteiger partial charge in [-0.3, -0.25) is 0 Å². The topological polar surface area (TPSA) is 43.0 Å². The smallest absolute Gasteiger partial charge is 0.169 e. The van der Waals surface area contributed by atoms with Crippen molar-refractivity contribution in [1.82, 2.24) is 10.2 Å². The molecule has 1 fully saturated rings. The second-order valence-electron chi connectivity index (χ2n) is 7.09. The molecule has 1 aromatic carbocycles. The Balaban J connectivity index is 1.63. The van der Waals surface area contributed by atoms with Crippen LogP contribution in [0.25, 0.3) is 0 Å². The Morgan fingerprint density at radius 1 is 1.32 bits per heavy atom. The highest BCUT2D eigenvalue weighted by atomic mass is 32.1. The van der Waals surface area contributed by atoms with Gasteiger partial charge < -0.3 is 24.4 Å². The van der Waals surface area contributed by atoms with Gasteiger partial charge in [0.2, 0.25) is 0 Å². The van der Waals surface area contributed by atoms with Gasteiger partial charge in [0.25, 0.3) is 0 Å². The largest absolute Gasteiger partial charge is 0.493 e. The van der Waals surface area contributed by atoms with Gasteiger partial charge in [0.15, 0.2) is 16.6 Å². The fraction of sp³-hybridized carbons (Fsp3) is 0.476. The van der Waals surface area contributed by atoms with E-state index in [0.29, 0.717) is 0 Å². The summed E-state index contributed by atoms with van der Waals surface area (Å²) in [5, 5.41) is 6.35. The van der Waals surface area contributed by atoms with Gasteiger partial charge in [-0.1, -0.05) is 6.07 Å². The minimum atomic E-state index is 0.0769. The summed E-state index contributed by atoms with van der Waals surface area (Å²) in [6.45, 7) is 2.49. The van der Waals surface area contributed by atoms with Crippen molar-refractivity contribution in [3.8, 4) is 11.5 Å². The number of benzene rings is 1. The molecule has 28 heavy (non-hydrogen) atoms. The fourth-order valence-electron chi connectivity index (χ4n) is 4.03. The Labute approximate surface area is 175 Å². The number of hydrogen-bond donors (Lipinski definition) is 1. The fourth-order valence-corrected chi connectivity index (χ4v) is 5.16. The minimum absolute atomic E-state index is 0.0769. The van der Waals surface area contributed by atoms with E-state index in [9.17, 15) is 0 Å². The second-order valence-corrected chi connectivity index (χ2v) is 8.45. The van der Waals surface area contributed by atoms with E-state index in [2.05, 4.69) is 39.9 Å². The van der Waals surface area contributed by atoms with Gasteiger partial charge in [-0.25, -0.2) is 0 Å². The highest BCUT2D eigenvalue weighted by molar-refractivity contribution is 7.80. The molecule has 5 nitrogen and oxygen atoms in total. The molecule has 0 amide bonds. The van der Waals surface area contributed by atoms with Crippen molar-refractivity contribution in [3.05, 3.63) is 45.6 Å². The molecule has 150 valence electrons. The Bertz CT molecular complexity index is 819. The van der Waals surface area contributed by atoms with Crippen molar-refractivity contribution in [2.75, 3.05) is 33.9 Å². The first-order valence-electron chi connectivity index (χ1n) is 9.65. The lowest BCUT2D eigenvalue weighted by Gasteiger charge is -2.39. The van der Waals surface area contributed by atoms with E-state index < -0.39 is 0 Å². The summed E-state index contributed by atoms with van der Waals surface area (Å²) in [7, 11) is 3.36. The van der Waals surface area contributed by atoms with Crippen LogP contribution < -0.4 is 14.8 Å². The van der Waals surface area contributed by atoms with Crippen LogP contribution in [0.5, 0.6) is 11.5 Å². The number of thiocarbonyl (C=S) groups is 1. The average molecular weight is 419 g/mol. The molecule has 3 heterocycles. The zero-order valence-electron chi connectivity index (χ0n) is 16.3. The van der Waals surface area contributed by atoms with Crippen LogP contribution in [0.1, 0.15) is 34.9 Å². The van der Waals surface area contributed by atoms with Crippen LogP contribution in [-0.2, 0) is 11.2 Å². The molecule has 7 heteroatoms. The lowest BCUT2D eigenvalue weighted by molar-refractivity contribution is 0.113. The SMILES string of the molecule is COc1cc2c(cc1OC)[C@H](c1cccs1)N(C(=S)NC[C@@H]1CCCO1)CC2. The Morgan fingerprint density at radius 2 is 2.14 bits per heavy atom. The third kappa shape index (κ3) is 3.83. The van der Waals surface area contributed by atoms with Crippen LogP contribution in [0.15, 0.2) is 29.6 Å². The van der Waals surface area contributed by atoms with Crippen LogP contribution in [0.2, 0.25) is 0 Å². The van der Waals surface area contributed by atoms with Gasteiger partial charge in [0, 0.05) is 24.6 Å². The van der Waals surface area contributed by atoms with Crippen LogP contribution >= 0.6 is 23.6 Å². The number of nitrogens with zero attached hydrogens (tertiary/aromatic N) is 1. The maximum Gasteiger partial charge on any atom is 0.169 e. The van der Waals surface area contributed by atoms with Gasteiger partial charge in [0.05, 0.1) is 26.4 Å². The van der Waals surface area contributed by atoms with Crippen LogP contribution in [0, 0.1) is 0 Å². The number of thiophene rings is 1.